The Balaban J connectivity index is 2.23. The second-order valence-electron chi connectivity index (χ2n) is 21.3. The third-order valence-electron chi connectivity index (χ3n) is 14.2. The molecule has 0 aromatic heterocycles. The molecule has 354 valence electrons. The van der Waals surface area contributed by atoms with Gasteiger partial charge in [0.1, 0.15) is 29.0 Å². The summed E-state index contributed by atoms with van der Waals surface area (Å²) in [5.74, 6) is -2.43. The lowest BCUT2D eigenvalue weighted by atomic mass is 9.72. The van der Waals surface area contributed by atoms with Gasteiger partial charge in [0.25, 0.3) is 0 Å². The van der Waals surface area contributed by atoms with Crippen LogP contribution in [0.3, 0.4) is 0 Å². The first kappa shape index (κ1) is 53.3. The standard InChI is InChI=1S/C46H89N3O11/c1-19-21-49-25-27(3)38(51)45(15,53)34(20-2)58-40(52)31(7)37(59-35-24-44(14,55-18)46(54,32(8)57-35)26-47-42(9,10)11)30(6)39(43(12,13)23-28(49)4)60-41-36(50)33(48(16)17)22-29(5)56-41/h27-39,41,47,50-51,53-54H,19-26H2,1-18H3/t27-,28+,29+,30-,31+,32-,33-,34+,35+,36+,37+,38+,39+,41-,44-,45+,46+/m0/s1. The zero-order chi connectivity index (χ0) is 45.9. The Labute approximate surface area is 363 Å². The first-order chi connectivity index (χ1) is 27.5. The molecule has 60 heavy (non-hydrogen) atoms. The molecule has 3 heterocycles. The van der Waals surface area contributed by atoms with Crippen molar-refractivity contribution < 1.29 is 53.6 Å². The Kier molecular flexibility index (Phi) is 18.6. The highest BCUT2D eigenvalue weighted by atomic mass is 16.7. The number of likely N-dealkylation sites (N-methyl/N-ethyl adjacent to an activating group) is 1. The molecule has 3 aliphatic rings. The lowest BCUT2D eigenvalue weighted by molar-refractivity contribution is -0.335. The second kappa shape index (κ2) is 20.9. The van der Waals surface area contributed by atoms with Crippen LogP contribution in [0.1, 0.15) is 136 Å². The fraction of sp³-hybridized carbons (Fsp3) is 0.978. The van der Waals surface area contributed by atoms with Crippen molar-refractivity contribution in [3.05, 3.63) is 0 Å². The van der Waals surface area contributed by atoms with E-state index in [-0.39, 0.29) is 49.0 Å². The van der Waals surface area contributed by atoms with Crippen LogP contribution in [0, 0.1) is 23.2 Å². The number of aliphatic hydroxyl groups excluding tert-OH is 2. The van der Waals surface area contributed by atoms with Gasteiger partial charge in [0.2, 0.25) is 0 Å². The fourth-order valence-corrected chi connectivity index (χ4v) is 10.3. The number of hydrogen-bond donors (Lipinski definition) is 5. The van der Waals surface area contributed by atoms with Gasteiger partial charge in [-0.05, 0) is 120 Å². The van der Waals surface area contributed by atoms with Gasteiger partial charge in [-0.1, -0.05) is 41.5 Å². The lowest BCUT2D eigenvalue weighted by Crippen LogP contribution is -2.71. The Morgan fingerprint density at radius 1 is 0.950 bits per heavy atom. The van der Waals surface area contributed by atoms with Crippen molar-refractivity contribution in [1.82, 2.24) is 15.1 Å². The number of hydrogen-bond acceptors (Lipinski definition) is 14. The van der Waals surface area contributed by atoms with E-state index in [9.17, 15) is 25.2 Å². The number of rotatable bonds is 11. The predicted octanol–water partition coefficient (Wildman–Crippen LogP) is 4.71. The first-order valence-corrected chi connectivity index (χ1v) is 22.8. The molecule has 0 unspecified atom stereocenters. The second-order valence-corrected chi connectivity index (χ2v) is 21.3. The summed E-state index contributed by atoms with van der Waals surface area (Å²) in [4.78, 5) is 18.9. The molecule has 3 rings (SSSR count). The SMILES string of the molecule is CCCN1C[C@H](C)[C@@H](O)[C@](C)(O)[C@@H](CC)OC(=O)[C@H](C)[C@H](O[C@@H]2C[C@](C)(OC)[C@@](O)(CNC(C)(C)C)[C@H](C)O2)[C@H](C)[C@@H](O[C@@H]2O[C@H](C)C[C@H](N(C)C)[C@H]2O)C(C)(C)C[C@H]1C. The van der Waals surface area contributed by atoms with E-state index in [2.05, 4.69) is 37.9 Å². The van der Waals surface area contributed by atoms with Crippen LogP contribution in [0.5, 0.6) is 0 Å². The van der Waals surface area contributed by atoms with Gasteiger partial charge in [-0.2, -0.15) is 0 Å². The number of methoxy groups -OCH3 is 1. The highest BCUT2D eigenvalue weighted by Gasteiger charge is 2.58. The van der Waals surface area contributed by atoms with Crippen molar-refractivity contribution in [3.8, 4) is 0 Å². The Morgan fingerprint density at radius 3 is 2.10 bits per heavy atom. The van der Waals surface area contributed by atoms with Crippen molar-refractivity contribution >= 4 is 5.97 Å². The van der Waals surface area contributed by atoms with Crippen LogP contribution >= 0.6 is 0 Å². The number of aliphatic hydroxyl groups is 4. The molecule has 3 saturated heterocycles. The zero-order valence-electron chi connectivity index (χ0n) is 40.8. The van der Waals surface area contributed by atoms with Gasteiger partial charge >= 0.3 is 5.97 Å². The molecule has 14 heteroatoms. The lowest BCUT2D eigenvalue weighted by Gasteiger charge is -2.54. The third kappa shape index (κ3) is 12.2. The summed E-state index contributed by atoms with van der Waals surface area (Å²) in [6.07, 6.45) is -4.96. The van der Waals surface area contributed by atoms with Crippen molar-refractivity contribution in [1.29, 1.82) is 0 Å². The number of carbonyl (C=O) groups excluding carboxylic acids is 1. The van der Waals surface area contributed by atoms with Crippen molar-refractivity contribution in [2.75, 3.05) is 40.8 Å². The summed E-state index contributed by atoms with van der Waals surface area (Å²) in [6.45, 7) is 30.9. The van der Waals surface area contributed by atoms with Gasteiger partial charge in [0.05, 0.1) is 36.4 Å². The van der Waals surface area contributed by atoms with Crippen LogP contribution in [0.4, 0.5) is 0 Å². The van der Waals surface area contributed by atoms with Gasteiger partial charge in [-0.25, -0.2) is 0 Å². The first-order valence-electron chi connectivity index (χ1n) is 22.8. The largest absolute Gasteiger partial charge is 0.459 e. The Morgan fingerprint density at radius 2 is 1.57 bits per heavy atom. The van der Waals surface area contributed by atoms with Crippen molar-refractivity contribution in [2.45, 2.75) is 226 Å². The van der Waals surface area contributed by atoms with E-state index in [1.807, 2.05) is 74.4 Å². The van der Waals surface area contributed by atoms with E-state index in [1.165, 1.54) is 0 Å². The number of nitrogens with zero attached hydrogens (tertiary/aromatic N) is 2. The van der Waals surface area contributed by atoms with Crippen molar-refractivity contribution in [3.63, 3.8) is 0 Å². The van der Waals surface area contributed by atoms with E-state index in [0.29, 0.717) is 19.4 Å². The molecule has 3 fully saturated rings. The number of esters is 1. The summed E-state index contributed by atoms with van der Waals surface area (Å²) < 4.78 is 39.4. The van der Waals surface area contributed by atoms with Crippen molar-refractivity contribution in [2.24, 2.45) is 23.2 Å². The predicted molar refractivity (Wildman–Crippen MR) is 233 cm³/mol. The van der Waals surface area contributed by atoms with Gasteiger partial charge in [-0.3, -0.25) is 4.79 Å². The quantitative estimate of drug-likeness (QED) is 0.181. The summed E-state index contributed by atoms with van der Waals surface area (Å²) in [5.41, 5.74) is -5.20. The van der Waals surface area contributed by atoms with Crippen LogP contribution < -0.4 is 5.32 Å². The minimum absolute atomic E-state index is 0.00888. The molecular weight excluding hydrogens is 771 g/mol. The highest BCUT2D eigenvalue weighted by molar-refractivity contribution is 5.73. The minimum atomic E-state index is -1.75. The molecule has 0 saturated carbocycles. The van der Waals surface area contributed by atoms with Gasteiger partial charge < -0.3 is 64.0 Å². The molecule has 0 aromatic rings. The average Bonchev–Trinajstić information content (AvgIpc) is 3.15. The summed E-state index contributed by atoms with van der Waals surface area (Å²) in [6, 6.07) is -0.198. The monoisotopic (exact) mass is 860 g/mol. The minimum Gasteiger partial charge on any atom is -0.459 e. The maximum atomic E-state index is 14.6. The van der Waals surface area contributed by atoms with Gasteiger partial charge in [0, 0.05) is 50.2 Å². The number of carbonyl (C=O) groups is 1. The molecule has 14 nitrogen and oxygen atoms in total. The summed E-state index contributed by atoms with van der Waals surface area (Å²) >= 11 is 0. The van der Waals surface area contributed by atoms with Gasteiger partial charge in [-0.15, -0.1) is 0 Å². The molecule has 0 amide bonds. The smallest absolute Gasteiger partial charge is 0.311 e. The molecule has 0 bridgehead atoms. The van der Waals surface area contributed by atoms with Crippen LogP contribution in [0.2, 0.25) is 0 Å². The van der Waals surface area contributed by atoms with E-state index in [0.717, 1.165) is 13.0 Å². The number of cyclic esters (lactones) is 1. The molecule has 0 aromatic carbocycles. The topological polar surface area (TPSA) is 172 Å². The molecule has 17 atom stereocenters. The number of ether oxygens (including phenoxy) is 6. The number of β-amino-alcohol motifs (C(OH)–C–C–N with tert-alkyl or cyclic N) is 1. The van der Waals surface area contributed by atoms with E-state index >= 15 is 0 Å². The molecular formula is C46H89N3O11. The molecule has 5 N–H and O–H groups in total. The molecule has 0 radical (unpaired) electrons. The Bertz CT molecular complexity index is 1350. The van der Waals surface area contributed by atoms with Crippen LogP contribution in [0.15, 0.2) is 0 Å². The maximum Gasteiger partial charge on any atom is 0.311 e. The summed E-state index contributed by atoms with van der Waals surface area (Å²) in [5, 5.41) is 51.2. The van der Waals surface area contributed by atoms with E-state index in [1.54, 1.807) is 27.9 Å². The van der Waals surface area contributed by atoms with Crippen LogP contribution in [-0.4, -0.2) is 167 Å². The number of nitrogens with one attached hydrogen (secondary N) is 1. The normalized spacial score (nSPS) is 44.5. The Hall–Kier alpha value is -1.01. The highest BCUT2D eigenvalue weighted by Crippen LogP contribution is 2.45. The van der Waals surface area contributed by atoms with E-state index in [4.69, 9.17) is 28.4 Å². The molecule has 0 aliphatic carbocycles. The zero-order valence-corrected chi connectivity index (χ0v) is 40.8. The van der Waals surface area contributed by atoms with E-state index < -0.39 is 89.2 Å². The maximum absolute atomic E-state index is 14.6. The fourth-order valence-electron chi connectivity index (χ4n) is 10.3. The molecule has 0 spiro atoms. The summed E-state index contributed by atoms with van der Waals surface area (Å²) in [7, 11) is 5.46. The average molecular weight is 860 g/mol. The third-order valence-corrected chi connectivity index (χ3v) is 14.2. The van der Waals surface area contributed by atoms with Gasteiger partial charge in [0.15, 0.2) is 12.6 Å². The molecule has 3 aliphatic heterocycles. The van der Waals surface area contributed by atoms with Crippen LogP contribution in [-0.2, 0) is 33.2 Å². The van der Waals surface area contributed by atoms with Crippen LogP contribution in [0.25, 0.3) is 0 Å².